The van der Waals surface area contributed by atoms with Crippen molar-refractivity contribution < 1.29 is 4.79 Å². The van der Waals surface area contributed by atoms with Crippen molar-refractivity contribution in [2.24, 2.45) is 7.05 Å². The van der Waals surface area contributed by atoms with E-state index in [1.165, 1.54) is 21.3 Å². The lowest BCUT2D eigenvalue weighted by Crippen LogP contribution is -2.20. The van der Waals surface area contributed by atoms with Gasteiger partial charge in [-0.2, -0.15) is 0 Å². The third kappa shape index (κ3) is 2.16. The second kappa shape index (κ2) is 4.91. The van der Waals surface area contributed by atoms with E-state index in [2.05, 4.69) is 12.0 Å². The molecule has 0 amide bonds. The van der Waals surface area contributed by atoms with Gasteiger partial charge in [0.1, 0.15) is 5.56 Å². The minimum atomic E-state index is -0.278. The Hall–Kier alpha value is -1.75. The maximum absolute atomic E-state index is 12.7. The molecule has 1 aromatic heterocycles. The Kier molecular flexibility index (Phi) is 3.32. The topological polar surface area (TPSA) is 54.9 Å². The standard InChI is InChI=1S/C16H18N2O2S/c1-8-5-11(10(3)12-6-9(2)21-15(8)12)14(19)13-7-17-18(4)16(13)20/h5,7,9,17H,6H2,1-4H3. The smallest absolute Gasteiger partial charge is 0.277 e. The SMILES string of the molecule is Cc1cc(C(=O)c2c[nH]n(C)c2=O)c(C)c2c1SC(C)C2. The molecule has 1 N–H and O–H groups in total. The van der Waals surface area contributed by atoms with Crippen LogP contribution in [0.3, 0.4) is 0 Å². The van der Waals surface area contributed by atoms with Crippen molar-refractivity contribution in [2.75, 3.05) is 0 Å². The van der Waals surface area contributed by atoms with Crippen LogP contribution < -0.4 is 5.56 Å². The van der Waals surface area contributed by atoms with Crippen LogP contribution in [0.15, 0.2) is 22.0 Å². The molecule has 1 atom stereocenters. The predicted molar refractivity (Wildman–Crippen MR) is 84.4 cm³/mol. The Balaban J connectivity index is 2.15. The lowest BCUT2D eigenvalue weighted by Gasteiger charge is -2.11. The molecule has 1 aliphatic rings. The molecule has 0 saturated carbocycles. The second-order valence-corrected chi connectivity index (χ2v) is 7.14. The number of aromatic amines is 1. The maximum Gasteiger partial charge on any atom is 0.277 e. The number of aromatic nitrogens is 2. The van der Waals surface area contributed by atoms with Gasteiger partial charge in [-0.3, -0.25) is 14.3 Å². The van der Waals surface area contributed by atoms with E-state index in [1.807, 2.05) is 31.7 Å². The van der Waals surface area contributed by atoms with E-state index in [9.17, 15) is 9.59 Å². The second-order valence-electron chi connectivity index (χ2n) is 5.69. The number of H-pyrrole nitrogens is 1. The van der Waals surface area contributed by atoms with Crippen LogP contribution in [0.5, 0.6) is 0 Å². The van der Waals surface area contributed by atoms with Crippen molar-refractivity contribution in [1.29, 1.82) is 0 Å². The van der Waals surface area contributed by atoms with Crippen molar-refractivity contribution >= 4 is 17.5 Å². The first-order valence-electron chi connectivity index (χ1n) is 6.99. The summed E-state index contributed by atoms with van der Waals surface area (Å²) in [6.07, 6.45) is 2.48. The molecule has 1 unspecified atom stereocenters. The highest BCUT2D eigenvalue weighted by Gasteiger charge is 2.27. The van der Waals surface area contributed by atoms with Gasteiger partial charge in [-0.15, -0.1) is 11.8 Å². The van der Waals surface area contributed by atoms with Crippen LogP contribution in [0.25, 0.3) is 0 Å². The zero-order valence-electron chi connectivity index (χ0n) is 12.6. The van der Waals surface area contributed by atoms with Crippen LogP contribution in [0.2, 0.25) is 0 Å². The lowest BCUT2D eigenvalue weighted by molar-refractivity contribution is 0.103. The first kappa shape index (κ1) is 14.2. The van der Waals surface area contributed by atoms with Crippen LogP contribution in [-0.2, 0) is 13.5 Å². The van der Waals surface area contributed by atoms with E-state index in [0.29, 0.717) is 10.8 Å². The van der Waals surface area contributed by atoms with Crippen LogP contribution in [-0.4, -0.2) is 20.8 Å². The molecule has 0 radical (unpaired) electrons. The first-order chi connectivity index (χ1) is 9.90. The van der Waals surface area contributed by atoms with E-state index in [-0.39, 0.29) is 16.9 Å². The number of hydrogen-bond acceptors (Lipinski definition) is 3. The molecular formula is C16H18N2O2S. The largest absolute Gasteiger partial charge is 0.302 e. The third-order valence-electron chi connectivity index (χ3n) is 4.09. The summed E-state index contributed by atoms with van der Waals surface area (Å²) in [5.41, 5.74) is 3.99. The first-order valence-corrected chi connectivity index (χ1v) is 7.87. The highest BCUT2D eigenvalue weighted by atomic mass is 32.2. The molecule has 0 aliphatic carbocycles. The molecule has 1 aliphatic heterocycles. The monoisotopic (exact) mass is 302 g/mol. The van der Waals surface area contributed by atoms with Gasteiger partial charge in [-0.1, -0.05) is 6.92 Å². The van der Waals surface area contributed by atoms with Crippen LogP contribution >= 0.6 is 11.8 Å². The molecule has 3 rings (SSSR count). The number of benzene rings is 1. The Labute approximate surface area is 127 Å². The molecule has 1 aromatic carbocycles. The van der Waals surface area contributed by atoms with Gasteiger partial charge in [0.05, 0.1) is 0 Å². The average Bonchev–Trinajstić information content (AvgIpc) is 2.98. The molecule has 2 aromatic rings. The number of rotatable bonds is 2. The molecule has 4 nitrogen and oxygen atoms in total. The molecule has 2 heterocycles. The number of fused-ring (bicyclic) bond motifs is 1. The minimum Gasteiger partial charge on any atom is -0.302 e. The molecule has 21 heavy (non-hydrogen) atoms. The number of hydrogen-bond donors (Lipinski definition) is 1. The molecule has 5 heteroatoms. The number of ketones is 1. The molecule has 0 spiro atoms. The molecule has 110 valence electrons. The van der Waals surface area contributed by atoms with E-state index in [1.54, 1.807) is 7.05 Å². The van der Waals surface area contributed by atoms with Crippen LogP contribution in [0, 0.1) is 13.8 Å². The van der Waals surface area contributed by atoms with Gasteiger partial charge >= 0.3 is 0 Å². The Morgan fingerprint density at radius 2 is 2.10 bits per heavy atom. The number of carbonyl (C=O) groups is 1. The fourth-order valence-corrected chi connectivity index (χ4v) is 4.18. The van der Waals surface area contributed by atoms with Crippen molar-refractivity contribution in [2.45, 2.75) is 37.3 Å². The van der Waals surface area contributed by atoms with Gasteiger partial charge in [-0.05, 0) is 43.0 Å². The molecule has 0 bridgehead atoms. The number of carbonyl (C=O) groups excluding carboxylic acids is 1. The Bertz CT molecular complexity index is 801. The highest BCUT2D eigenvalue weighted by Crippen LogP contribution is 2.42. The fourth-order valence-electron chi connectivity index (χ4n) is 2.91. The maximum atomic E-state index is 12.7. The van der Waals surface area contributed by atoms with E-state index >= 15 is 0 Å². The lowest BCUT2D eigenvalue weighted by atomic mass is 9.92. The summed E-state index contributed by atoms with van der Waals surface area (Å²) in [7, 11) is 1.61. The summed E-state index contributed by atoms with van der Waals surface area (Å²) in [5.74, 6) is -0.190. The molecule has 0 saturated heterocycles. The third-order valence-corrected chi connectivity index (χ3v) is 5.46. The van der Waals surface area contributed by atoms with E-state index in [4.69, 9.17) is 0 Å². The summed E-state index contributed by atoms with van der Waals surface area (Å²) in [6.45, 7) is 6.23. The average molecular weight is 302 g/mol. The van der Waals surface area contributed by atoms with Gasteiger partial charge in [0.2, 0.25) is 0 Å². The van der Waals surface area contributed by atoms with Gasteiger partial charge in [0, 0.05) is 29.0 Å². The van der Waals surface area contributed by atoms with Gasteiger partial charge in [0.25, 0.3) is 5.56 Å². The van der Waals surface area contributed by atoms with Crippen LogP contribution in [0.1, 0.15) is 39.5 Å². The molecular weight excluding hydrogens is 284 g/mol. The molecule has 0 fully saturated rings. The van der Waals surface area contributed by atoms with Crippen molar-refractivity contribution in [3.8, 4) is 0 Å². The number of nitrogens with one attached hydrogen (secondary N) is 1. The number of thioether (sulfide) groups is 1. The Morgan fingerprint density at radius 1 is 1.38 bits per heavy atom. The zero-order valence-corrected chi connectivity index (χ0v) is 13.4. The normalized spacial score (nSPS) is 17.0. The van der Waals surface area contributed by atoms with Crippen molar-refractivity contribution in [3.63, 3.8) is 0 Å². The van der Waals surface area contributed by atoms with Gasteiger partial charge < -0.3 is 5.10 Å². The van der Waals surface area contributed by atoms with Gasteiger partial charge in [-0.25, -0.2) is 0 Å². The predicted octanol–water partition coefficient (Wildman–Crippen LogP) is 2.60. The summed E-state index contributed by atoms with van der Waals surface area (Å²) >= 11 is 1.87. The van der Waals surface area contributed by atoms with E-state index in [0.717, 1.165) is 17.5 Å². The zero-order chi connectivity index (χ0) is 15.3. The summed E-state index contributed by atoms with van der Waals surface area (Å²) in [4.78, 5) is 26.0. The number of nitrogens with zero attached hydrogens (tertiary/aromatic N) is 1. The van der Waals surface area contributed by atoms with Crippen LogP contribution in [0.4, 0.5) is 0 Å². The summed E-state index contributed by atoms with van der Waals surface area (Å²) in [5, 5.41) is 3.30. The van der Waals surface area contributed by atoms with E-state index < -0.39 is 0 Å². The highest BCUT2D eigenvalue weighted by molar-refractivity contribution is 8.00. The summed E-state index contributed by atoms with van der Waals surface area (Å²) in [6, 6.07) is 1.92. The van der Waals surface area contributed by atoms with Gasteiger partial charge in [0.15, 0.2) is 5.78 Å². The minimum absolute atomic E-state index is 0.190. The number of aryl methyl sites for hydroxylation is 2. The fraction of sp³-hybridized carbons (Fsp3) is 0.375. The van der Waals surface area contributed by atoms with Crippen molar-refractivity contribution in [3.05, 3.63) is 50.4 Å². The summed E-state index contributed by atoms with van der Waals surface area (Å²) < 4.78 is 1.32. The van der Waals surface area contributed by atoms with Crippen molar-refractivity contribution in [1.82, 2.24) is 9.78 Å². The Morgan fingerprint density at radius 3 is 2.71 bits per heavy atom. The quantitative estimate of drug-likeness (QED) is 0.868.